The van der Waals surface area contributed by atoms with Crippen LogP contribution in [0.5, 0.6) is 0 Å². The minimum atomic E-state index is -1.21. The van der Waals surface area contributed by atoms with Gasteiger partial charge in [0.2, 0.25) is 5.82 Å². The third kappa shape index (κ3) is 4.02. The highest BCUT2D eigenvalue weighted by Crippen LogP contribution is 2.17. The molecule has 1 aromatic rings. The second-order valence-corrected chi connectivity index (χ2v) is 5.13. The number of carboxylic acids is 1. The Labute approximate surface area is 110 Å². The normalized spacial score (nSPS) is 13.1. The third-order valence-corrected chi connectivity index (χ3v) is 2.42. The number of aromatic nitrogens is 3. The van der Waals surface area contributed by atoms with Gasteiger partial charge in [0.05, 0.1) is 0 Å². The first-order valence-electron chi connectivity index (χ1n) is 5.83. The summed E-state index contributed by atoms with van der Waals surface area (Å²) in [5.74, 6) is -1.48. The van der Waals surface area contributed by atoms with Gasteiger partial charge in [-0.3, -0.25) is 9.89 Å². The van der Waals surface area contributed by atoms with Gasteiger partial charge in [-0.15, -0.1) is 5.10 Å². The maximum Gasteiger partial charge on any atom is 0.326 e. The summed E-state index contributed by atoms with van der Waals surface area (Å²) in [5.41, 5.74) is -0.289. The summed E-state index contributed by atoms with van der Waals surface area (Å²) in [6.45, 7) is 5.38. The van der Waals surface area contributed by atoms with Crippen molar-refractivity contribution in [2.75, 3.05) is 6.61 Å². The molecular weight excluding hydrogens is 252 g/mol. The molecule has 4 N–H and O–H groups in total. The lowest BCUT2D eigenvalue weighted by Crippen LogP contribution is -2.41. The van der Waals surface area contributed by atoms with Crippen molar-refractivity contribution in [3.63, 3.8) is 0 Å². The van der Waals surface area contributed by atoms with Crippen molar-refractivity contribution in [3.8, 4) is 0 Å². The van der Waals surface area contributed by atoms with E-state index >= 15 is 0 Å². The number of hydrogen-bond acceptors (Lipinski definition) is 5. The highest BCUT2D eigenvalue weighted by molar-refractivity contribution is 5.93. The Morgan fingerprint density at radius 1 is 1.42 bits per heavy atom. The number of carbonyl (C=O) groups is 2. The SMILES string of the molecule is CC(C)(C)c1nc(C(=O)N[C@@H](CCO)C(=O)O)n[nH]1. The molecule has 0 bridgehead atoms. The van der Waals surface area contributed by atoms with Crippen molar-refractivity contribution in [2.24, 2.45) is 0 Å². The van der Waals surface area contributed by atoms with Crippen LogP contribution in [0.15, 0.2) is 0 Å². The van der Waals surface area contributed by atoms with Gasteiger partial charge in [-0.2, -0.15) is 0 Å². The molecule has 19 heavy (non-hydrogen) atoms. The van der Waals surface area contributed by atoms with Crippen LogP contribution in [0.1, 0.15) is 43.6 Å². The molecule has 106 valence electrons. The molecule has 8 nitrogen and oxygen atoms in total. The van der Waals surface area contributed by atoms with Gasteiger partial charge < -0.3 is 15.5 Å². The van der Waals surface area contributed by atoms with Gasteiger partial charge in [0, 0.05) is 18.4 Å². The Morgan fingerprint density at radius 3 is 2.47 bits per heavy atom. The number of carboxylic acid groups (broad SMARTS) is 1. The van der Waals surface area contributed by atoms with E-state index in [4.69, 9.17) is 10.2 Å². The van der Waals surface area contributed by atoms with Crippen molar-refractivity contribution in [1.29, 1.82) is 0 Å². The van der Waals surface area contributed by atoms with E-state index in [1.807, 2.05) is 20.8 Å². The summed E-state index contributed by atoms with van der Waals surface area (Å²) in [4.78, 5) is 26.6. The molecule has 0 saturated carbocycles. The summed E-state index contributed by atoms with van der Waals surface area (Å²) >= 11 is 0. The minimum absolute atomic E-state index is 0.0718. The van der Waals surface area contributed by atoms with Crippen LogP contribution in [0.2, 0.25) is 0 Å². The highest BCUT2D eigenvalue weighted by Gasteiger charge is 2.24. The average molecular weight is 270 g/mol. The van der Waals surface area contributed by atoms with Gasteiger partial charge >= 0.3 is 5.97 Å². The van der Waals surface area contributed by atoms with Gasteiger partial charge in [0.1, 0.15) is 11.9 Å². The lowest BCUT2D eigenvalue weighted by Gasteiger charge is -2.13. The molecule has 1 atom stereocenters. The van der Waals surface area contributed by atoms with Crippen LogP contribution in [0.3, 0.4) is 0 Å². The molecule has 0 saturated heterocycles. The monoisotopic (exact) mass is 270 g/mol. The lowest BCUT2D eigenvalue weighted by molar-refractivity contribution is -0.139. The predicted octanol–water partition coefficient (Wildman–Crippen LogP) is -0.332. The van der Waals surface area contributed by atoms with Crippen LogP contribution >= 0.6 is 0 Å². The Balaban J connectivity index is 2.78. The molecule has 1 heterocycles. The van der Waals surface area contributed by atoms with Crippen LogP contribution in [-0.2, 0) is 10.2 Å². The quantitative estimate of drug-likeness (QED) is 0.580. The molecule has 0 aromatic carbocycles. The number of aliphatic hydroxyl groups excluding tert-OH is 1. The topological polar surface area (TPSA) is 128 Å². The molecular formula is C11H18N4O4. The number of H-pyrrole nitrogens is 1. The van der Waals surface area contributed by atoms with Crippen molar-refractivity contribution in [1.82, 2.24) is 20.5 Å². The molecule has 0 radical (unpaired) electrons. The Morgan fingerprint density at radius 2 is 2.05 bits per heavy atom. The second kappa shape index (κ2) is 5.79. The molecule has 0 fully saturated rings. The van der Waals surface area contributed by atoms with Crippen LogP contribution in [0, 0.1) is 0 Å². The van der Waals surface area contributed by atoms with Crippen molar-refractivity contribution < 1.29 is 19.8 Å². The lowest BCUT2D eigenvalue weighted by atomic mass is 9.96. The van der Waals surface area contributed by atoms with Gasteiger partial charge in [0.25, 0.3) is 5.91 Å². The van der Waals surface area contributed by atoms with Crippen molar-refractivity contribution >= 4 is 11.9 Å². The van der Waals surface area contributed by atoms with Crippen molar-refractivity contribution in [2.45, 2.75) is 38.6 Å². The highest BCUT2D eigenvalue weighted by atomic mass is 16.4. The summed E-state index contributed by atoms with van der Waals surface area (Å²) in [6.07, 6.45) is -0.0718. The maximum atomic E-state index is 11.8. The molecule has 0 aliphatic heterocycles. The Bertz CT molecular complexity index is 464. The van der Waals surface area contributed by atoms with Gasteiger partial charge in [-0.1, -0.05) is 20.8 Å². The van der Waals surface area contributed by atoms with E-state index in [1.54, 1.807) is 0 Å². The van der Waals surface area contributed by atoms with E-state index in [9.17, 15) is 9.59 Å². The molecule has 0 aliphatic carbocycles. The number of nitrogens with zero attached hydrogens (tertiary/aromatic N) is 2. The molecule has 8 heteroatoms. The smallest absolute Gasteiger partial charge is 0.326 e. The van der Waals surface area contributed by atoms with Crippen LogP contribution in [-0.4, -0.2) is 49.9 Å². The molecule has 1 aromatic heterocycles. The average Bonchev–Trinajstić information content (AvgIpc) is 2.76. The molecule has 1 amide bonds. The van der Waals surface area contributed by atoms with Gasteiger partial charge in [-0.25, -0.2) is 9.78 Å². The number of nitrogens with one attached hydrogen (secondary N) is 2. The fourth-order valence-corrected chi connectivity index (χ4v) is 1.31. The molecule has 0 aliphatic rings. The number of aromatic amines is 1. The van der Waals surface area contributed by atoms with Crippen LogP contribution in [0.4, 0.5) is 0 Å². The first-order valence-corrected chi connectivity index (χ1v) is 5.83. The first kappa shape index (κ1) is 15.1. The number of hydrogen-bond donors (Lipinski definition) is 4. The number of amides is 1. The van der Waals surface area contributed by atoms with Crippen molar-refractivity contribution in [3.05, 3.63) is 11.6 Å². The Kier molecular flexibility index (Phi) is 4.60. The predicted molar refractivity (Wildman–Crippen MR) is 65.7 cm³/mol. The fourth-order valence-electron chi connectivity index (χ4n) is 1.31. The number of aliphatic carboxylic acids is 1. The van der Waals surface area contributed by atoms with E-state index in [1.165, 1.54) is 0 Å². The third-order valence-electron chi connectivity index (χ3n) is 2.42. The standard InChI is InChI=1S/C11H18N4O4/c1-11(2,3)10-13-7(14-15-10)8(17)12-6(4-5-16)9(18)19/h6,16H,4-5H2,1-3H3,(H,12,17)(H,18,19)(H,13,14,15)/t6-/m0/s1. The molecule has 0 unspecified atom stereocenters. The number of aliphatic hydroxyl groups is 1. The fraction of sp³-hybridized carbons (Fsp3) is 0.636. The summed E-state index contributed by atoms with van der Waals surface area (Å²) in [7, 11) is 0. The minimum Gasteiger partial charge on any atom is -0.480 e. The van der Waals surface area contributed by atoms with Crippen LogP contribution < -0.4 is 5.32 Å². The van der Waals surface area contributed by atoms with Gasteiger partial charge in [0.15, 0.2) is 0 Å². The largest absolute Gasteiger partial charge is 0.480 e. The molecule has 0 spiro atoms. The summed E-state index contributed by atoms with van der Waals surface area (Å²) in [5, 5.41) is 26.2. The summed E-state index contributed by atoms with van der Waals surface area (Å²) in [6, 6.07) is -1.16. The second-order valence-electron chi connectivity index (χ2n) is 5.13. The Hall–Kier alpha value is -1.96. The zero-order chi connectivity index (χ0) is 14.6. The van der Waals surface area contributed by atoms with E-state index in [-0.39, 0.29) is 24.3 Å². The van der Waals surface area contributed by atoms with E-state index in [0.717, 1.165) is 0 Å². The summed E-state index contributed by atoms with van der Waals surface area (Å²) < 4.78 is 0. The molecule has 1 rings (SSSR count). The number of carbonyl (C=O) groups excluding carboxylic acids is 1. The van der Waals surface area contributed by atoms with Gasteiger partial charge in [-0.05, 0) is 0 Å². The number of rotatable bonds is 5. The maximum absolute atomic E-state index is 11.8. The first-order chi connectivity index (χ1) is 8.75. The van der Waals surface area contributed by atoms with Crippen LogP contribution in [0.25, 0.3) is 0 Å². The zero-order valence-corrected chi connectivity index (χ0v) is 11.1. The van der Waals surface area contributed by atoms with E-state index in [0.29, 0.717) is 5.82 Å². The van der Waals surface area contributed by atoms with E-state index < -0.39 is 17.9 Å². The van der Waals surface area contributed by atoms with E-state index in [2.05, 4.69) is 20.5 Å². The zero-order valence-electron chi connectivity index (χ0n) is 11.1.